The van der Waals surface area contributed by atoms with Crippen molar-refractivity contribution in [2.45, 2.75) is 6.42 Å². The second kappa shape index (κ2) is 5.62. The SMILES string of the molecule is O=C(NCC1CCOC1)c1cc(Br)c(Br)s1. The maximum atomic E-state index is 11.8. The number of halogens is 2. The summed E-state index contributed by atoms with van der Waals surface area (Å²) in [6.45, 7) is 2.28. The van der Waals surface area contributed by atoms with Crippen LogP contribution < -0.4 is 5.32 Å². The van der Waals surface area contributed by atoms with Crippen LogP contribution in [0.4, 0.5) is 0 Å². The van der Waals surface area contributed by atoms with Gasteiger partial charge in [-0.05, 0) is 44.3 Å². The van der Waals surface area contributed by atoms with E-state index in [0.717, 1.165) is 32.8 Å². The molecule has 1 amide bonds. The Kier molecular flexibility index (Phi) is 4.41. The highest BCUT2D eigenvalue weighted by atomic mass is 79.9. The van der Waals surface area contributed by atoms with Crippen LogP contribution in [0.15, 0.2) is 14.3 Å². The highest BCUT2D eigenvalue weighted by molar-refractivity contribution is 9.13. The molecule has 1 fully saturated rings. The van der Waals surface area contributed by atoms with E-state index in [2.05, 4.69) is 37.2 Å². The van der Waals surface area contributed by atoms with Gasteiger partial charge in [0.25, 0.3) is 5.91 Å². The Hall–Kier alpha value is 0.0900. The number of thiophene rings is 1. The van der Waals surface area contributed by atoms with E-state index in [4.69, 9.17) is 4.74 Å². The molecule has 1 atom stereocenters. The minimum atomic E-state index is -0.0108. The Morgan fingerprint density at radius 2 is 2.44 bits per heavy atom. The molecule has 0 spiro atoms. The van der Waals surface area contributed by atoms with Crippen molar-refractivity contribution in [3.63, 3.8) is 0 Å². The molecule has 2 rings (SSSR count). The molecule has 1 aliphatic heterocycles. The summed E-state index contributed by atoms with van der Waals surface area (Å²) >= 11 is 8.17. The first-order chi connectivity index (χ1) is 7.66. The number of rotatable bonds is 3. The third-order valence-electron chi connectivity index (χ3n) is 2.44. The molecule has 16 heavy (non-hydrogen) atoms. The number of ether oxygens (including phenoxy) is 1. The second-order valence-electron chi connectivity index (χ2n) is 3.67. The van der Waals surface area contributed by atoms with Gasteiger partial charge in [-0.2, -0.15) is 0 Å². The topological polar surface area (TPSA) is 38.3 Å². The van der Waals surface area contributed by atoms with Crippen LogP contribution in [-0.2, 0) is 4.74 Å². The van der Waals surface area contributed by atoms with Crippen molar-refractivity contribution in [3.8, 4) is 0 Å². The van der Waals surface area contributed by atoms with Crippen molar-refractivity contribution in [1.29, 1.82) is 0 Å². The Bertz CT molecular complexity index is 369. The van der Waals surface area contributed by atoms with Gasteiger partial charge in [0.15, 0.2) is 0 Å². The number of carbonyl (C=O) groups is 1. The van der Waals surface area contributed by atoms with Crippen molar-refractivity contribution >= 4 is 49.1 Å². The monoisotopic (exact) mass is 367 g/mol. The van der Waals surface area contributed by atoms with Gasteiger partial charge in [-0.1, -0.05) is 0 Å². The van der Waals surface area contributed by atoms with Gasteiger partial charge in [-0.15, -0.1) is 11.3 Å². The lowest BCUT2D eigenvalue weighted by Gasteiger charge is -2.07. The summed E-state index contributed by atoms with van der Waals surface area (Å²) in [6, 6.07) is 1.83. The quantitative estimate of drug-likeness (QED) is 0.890. The zero-order valence-corrected chi connectivity index (χ0v) is 12.5. The number of carbonyl (C=O) groups excluding carboxylic acids is 1. The van der Waals surface area contributed by atoms with Crippen molar-refractivity contribution in [2.75, 3.05) is 19.8 Å². The fourth-order valence-corrected chi connectivity index (χ4v) is 3.48. The van der Waals surface area contributed by atoms with Crippen LogP contribution in [0.5, 0.6) is 0 Å². The van der Waals surface area contributed by atoms with Gasteiger partial charge >= 0.3 is 0 Å². The van der Waals surface area contributed by atoms with Crippen LogP contribution in [0.3, 0.4) is 0 Å². The Balaban J connectivity index is 1.87. The summed E-state index contributed by atoms with van der Waals surface area (Å²) in [7, 11) is 0. The van der Waals surface area contributed by atoms with Gasteiger partial charge in [0.05, 0.1) is 15.3 Å². The molecule has 2 heterocycles. The first kappa shape index (κ1) is 12.5. The molecule has 1 aromatic rings. The number of amides is 1. The summed E-state index contributed by atoms with van der Waals surface area (Å²) in [5, 5.41) is 2.93. The molecule has 0 aliphatic carbocycles. The van der Waals surface area contributed by atoms with Crippen LogP contribution >= 0.6 is 43.2 Å². The Labute approximate surface area is 115 Å². The fraction of sp³-hybridized carbons (Fsp3) is 0.500. The molecule has 1 N–H and O–H groups in total. The van der Waals surface area contributed by atoms with Crippen molar-refractivity contribution in [1.82, 2.24) is 5.32 Å². The van der Waals surface area contributed by atoms with Gasteiger partial charge in [0.2, 0.25) is 0 Å². The number of hydrogen-bond donors (Lipinski definition) is 1. The van der Waals surface area contributed by atoms with E-state index in [-0.39, 0.29) is 5.91 Å². The van der Waals surface area contributed by atoms with E-state index in [9.17, 15) is 4.79 Å². The third-order valence-corrected chi connectivity index (χ3v) is 5.70. The molecule has 1 unspecified atom stereocenters. The van der Waals surface area contributed by atoms with Crippen LogP contribution in [0.25, 0.3) is 0 Å². The largest absolute Gasteiger partial charge is 0.381 e. The molecule has 6 heteroatoms. The van der Waals surface area contributed by atoms with E-state index in [1.165, 1.54) is 11.3 Å². The van der Waals surface area contributed by atoms with Crippen LogP contribution in [0.2, 0.25) is 0 Å². The summed E-state index contributed by atoms with van der Waals surface area (Å²) in [5.41, 5.74) is 0. The molecular formula is C10H11Br2NO2S. The molecule has 1 aliphatic rings. The lowest BCUT2D eigenvalue weighted by molar-refractivity contribution is 0.0949. The van der Waals surface area contributed by atoms with Gasteiger partial charge in [0.1, 0.15) is 0 Å². The minimum Gasteiger partial charge on any atom is -0.381 e. The highest BCUT2D eigenvalue weighted by Gasteiger charge is 2.18. The van der Waals surface area contributed by atoms with E-state index < -0.39 is 0 Å². The molecule has 3 nitrogen and oxygen atoms in total. The molecule has 0 aromatic carbocycles. The fourth-order valence-electron chi connectivity index (χ4n) is 1.53. The van der Waals surface area contributed by atoms with Crippen molar-refractivity contribution < 1.29 is 9.53 Å². The van der Waals surface area contributed by atoms with E-state index in [1.807, 2.05) is 6.07 Å². The van der Waals surface area contributed by atoms with Gasteiger partial charge < -0.3 is 10.1 Å². The summed E-state index contributed by atoms with van der Waals surface area (Å²) < 4.78 is 7.12. The van der Waals surface area contributed by atoms with Crippen molar-refractivity contribution in [3.05, 3.63) is 19.2 Å². The summed E-state index contributed by atoms with van der Waals surface area (Å²) in [6.07, 6.45) is 1.04. The minimum absolute atomic E-state index is 0.0108. The molecule has 88 valence electrons. The molecule has 1 aromatic heterocycles. The van der Waals surface area contributed by atoms with Crippen LogP contribution in [0, 0.1) is 5.92 Å². The third kappa shape index (κ3) is 3.06. The maximum absolute atomic E-state index is 11.8. The standard InChI is InChI=1S/C10H11Br2NO2S/c11-7-3-8(16-9(7)12)10(14)13-4-6-1-2-15-5-6/h3,6H,1-2,4-5H2,(H,13,14). The van der Waals surface area contributed by atoms with E-state index >= 15 is 0 Å². The average Bonchev–Trinajstić information content (AvgIpc) is 2.86. The van der Waals surface area contributed by atoms with Crippen LogP contribution in [-0.4, -0.2) is 25.7 Å². The summed E-state index contributed by atoms with van der Waals surface area (Å²) in [4.78, 5) is 12.5. The van der Waals surface area contributed by atoms with Gasteiger partial charge in [-0.25, -0.2) is 0 Å². The Morgan fingerprint density at radius 1 is 1.62 bits per heavy atom. The number of hydrogen-bond acceptors (Lipinski definition) is 3. The lowest BCUT2D eigenvalue weighted by atomic mass is 10.1. The lowest BCUT2D eigenvalue weighted by Crippen LogP contribution is -2.28. The van der Waals surface area contributed by atoms with Gasteiger partial charge in [0, 0.05) is 23.5 Å². The smallest absolute Gasteiger partial charge is 0.261 e. The Morgan fingerprint density at radius 3 is 3.00 bits per heavy atom. The van der Waals surface area contributed by atoms with Crippen LogP contribution in [0.1, 0.15) is 16.1 Å². The van der Waals surface area contributed by atoms with Crippen molar-refractivity contribution in [2.24, 2.45) is 5.92 Å². The first-order valence-electron chi connectivity index (χ1n) is 4.97. The second-order valence-corrected chi connectivity index (χ2v) is 6.90. The zero-order valence-electron chi connectivity index (χ0n) is 8.46. The molecule has 0 saturated carbocycles. The summed E-state index contributed by atoms with van der Waals surface area (Å²) in [5.74, 6) is 0.457. The molecule has 0 bridgehead atoms. The predicted octanol–water partition coefficient (Wildman–Crippen LogP) is 3.04. The normalized spacial score (nSPS) is 20.0. The van der Waals surface area contributed by atoms with E-state index in [0.29, 0.717) is 12.5 Å². The number of nitrogens with one attached hydrogen (secondary N) is 1. The zero-order chi connectivity index (χ0) is 11.5. The van der Waals surface area contributed by atoms with Gasteiger partial charge in [-0.3, -0.25) is 4.79 Å². The average molecular weight is 369 g/mol. The first-order valence-corrected chi connectivity index (χ1v) is 7.38. The predicted molar refractivity (Wildman–Crippen MR) is 71.0 cm³/mol. The maximum Gasteiger partial charge on any atom is 0.261 e. The molecule has 1 saturated heterocycles. The van der Waals surface area contributed by atoms with E-state index in [1.54, 1.807) is 0 Å². The molecule has 0 radical (unpaired) electrons. The molecular weight excluding hydrogens is 358 g/mol. The highest BCUT2D eigenvalue weighted by Crippen LogP contribution is 2.32.